The molecule has 0 amide bonds. The number of fused-ring (bicyclic) bond motifs is 5. The largest absolute Gasteiger partial charge is 0.489 e. The Kier molecular flexibility index (Phi) is 4.39. The summed E-state index contributed by atoms with van der Waals surface area (Å²) in [5, 5.41) is 5.87. The molecule has 144 valence electrons. The molecule has 2 aromatic carbocycles. The van der Waals surface area contributed by atoms with Gasteiger partial charge in [0, 0.05) is 29.0 Å². The van der Waals surface area contributed by atoms with Crippen LogP contribution in [0.4, 0.5) is 0 Å². The number of pyridine rings is 1. The molecule has 5 rings (SSSR count). The van der Waals surface area contributed by atoms with E-state index in [1.807, 2.05) is 30.3 Å². The second-order valence-electron chi connectivity index (χ2n) is 7.37. The van der Waals surface area contributed by atoms with Crippen LogP contribution in [-0.2, 0) is 19.4 Å². The summed E-state index contributed by atoms with van der Waals surface area (Å²) in [6.45, 7) is 4.94. The molecule has 5 aromatic rings. The quantitative estimate of drug-likeness (QED) is 0.427. The third-order valence-electron chi connectivity index (χ3n) is 5.58. The molecular formula is C25H24N3O+. The maximum atomic E-state index is 6.00. The summed E-state index contributed by atoms with van der Waals surface area (Å²) in [5.41, 5.74) is 6.88. The minimum atomic E-state index is 0.556. The van der Waals surface area contributed by atoms with Crippen molar-refractivity contribution in [3.63, 3.8) is 0 Å². The summed E-state index contributed by atoms with van der Waals surface area (Å²) >= 11 is 0. The molecule has 0 radical (unpaired) electrons. The molecule has 0 saturated heterocycles. The van der Waals surface area contributed by atoms with Gasteiger partial charge in [-0.25, -0.2) is 4.98 Å². The Hall–Kier alpha value is -3.40. The normalized spacial score (nSPS) is 11.5. The first-order chi connectivity index (χ1) is 14.3. The predicted octanol–water partition coefficient (Wildman–Crippen LogP) is 5.16. The molecule has 0 unspecified atom stereocenters. The summed E-state index contributed by atoms with van der Waals surface area (Å²) in [7, 11) is 0. The van der Waals surface area contributed by atoms with Gasteiger partial charge in [0.2, 0.25) is 6.20 Å². The fourth-order valence-electron chi connectivity index (χ4n) is 4.00. The molecule has 4 heteroatoms. The first kappa shape index (κ1) is 17.7. The Morgan fingerprint density at radius 2 is 1.79 bits per heavy atom. The topological polar surface area (TPSA) is 42.0 Å². The number of nitrogens with one attached hydrogen (secondary N) is 1. The monoisotopic (exact) mass is 382 g/mol. The highest BCUT2D eigenvalue weighted by Gasteiger charge is 2.17. The molecule has 0 spiro atoms. The van der Waals surface area contributed by atoms with E-state index in [2.05, 4.69) is 60.0 Å². The van der Waals surface area contributed by atoms with Gasteiger partial charge in [0.25, 0.3) is 5.52 Å². The van der Waals surface area contributed by atoms with E-state index in [4.69, 9.17) is 9.72 Å². The average Bonchev–Trinajstić information content (AvgIpc) is 3.15. The van der Waals surface area contributed by atoms with Crippen molar-refractivity contribution < 1.29 is 9.25 Å². The van der Waals surface area contributed by atoms with E-state index in [1.165, 1.54) is 16.6 Å². The summed E-state index contributed by atoms with van der Waals surface area (Å²) < 4.78 is 8.08. The van der Waals surface area contributed by atoms with Crippen molar-refractivity contribution in [3.8, 4) is 5.75 Å². The molecule has 0 fully saturated rings. The lowest BCUT2D eigenvalue weighted by atomic mass is 10.1. The van der Waals surface area contributed by atoms with Crippen molar-refractivity contribution in [2.45, 2.75) is 33.3 Å². The zero-order valence-electron chi connectivity index (χ0n) is 16.8. The van der Waals surface area contributed by atoms with E-state index >= 15 is 0 Å². The number of hydrogen-bond acceptors (Lipinski definition) is 2. The molecule has 1 N–H and O–H groups in total. The van der Waals surface area contributed by atoms with Gasteiger partial charge in [-0.05, 0) is 36.1 Å². The number of nitrogens with zero attached hydrogens (tertiary/aromatic N) is 2. The lowest BCUT2D eigenvalue weighted by molar-refractivity contribution is -0.580. The van der Waals surface area contributed by atoms with Crippen LogP contribution in [0.3, 0.4) is 0 Å². The number of ether oxygens (including phenoxy) is 1. The molecule has 29 heavy (non-hydrogen) atoms. The average molecular weight is 382 g/mol. The summed E-state index contributed by atoms with van der Waals surface area (Å²) in [4.78, 5) is 4.97. The minimum Gasteiger partial charge on any atom is -0.489 e. The van der Waals surface area contributed by atoms with E-state index in [0.29, 0.717) is 6.61 Å². The maximum Gasteiger partial charge on any atom is 0.262 e. The Morgan fingerprint density at radius 3 is 2.59 bits per heavy atom. The Labute approximate surface area is 169 Å². The molecule has 0 aliphatic carbocycles. The lowest BCUT2D eigenvalue weighted by Gasteiger charge is -2.06. The van der Waals surface area contributed by atoms with Crippen LogP contribution in [0.2, 0.25) is 0 Å². The number of rotatable bonds is 5. The zero-order valence-corrected chi connectivity index (χ0v) is 16.8. The van der Waals surface area contributed by atoms with Gasteiger partial charge in [-0.1, -0.05) is 48.7 Å². The van der Waals surface area contributed by atoms with Gasteiger partial charge in [-0.3, -0.25) is 0 Å². The van der Waals surface area contributed by atoms with E-state index < -0.39 is 0 Å². The van der Waals surface area contributed by atoms with E-state index in [0.717, 1.165) is 46.1 Å². The SMILES string of the molecule is CCc1cc2c3nc4cc(OCc5ccccc5)ccc4c3cc[n+]2[nH]c1CC. The Bertz CT molecular complexity index is 1320. The van der Waals surface area contributed by atoms with Crippen LogP contribution in [-0.4, -0.2) is 10.1 Å². The molecule has 0 bridgehead atoms. The lowest BCUT2D eigenvalue weighted by Crippen LogP contribution is -2.28. The first-order valence-corrected chi connectivity index (χ1v) is 10.2. The number of aromatic amines is 1. The van der Waals surface area contributed by atoms with Gasteiger partial charge < -0.3 is 4.74 Å². The summed E-state index contributed by atoms with van der Waals surface area (Å²) in [6.07, 6.45) is 4.09. The highest BCUT2D eigenvalue weighted by atomic mass is 16.5. The number of H-pyrrole nitrogens is 1. The molecular weight excluding hydrogens is 358 g/mol. The fraction of sp³-hybridized carbons (Fsp3) is 0.200. The summed E-state index contributed by atoms with van der Waals surface area (Å²) in [5.74, 6) is 0.843. The molecule has 0 aliphatic heterocycles. The Balaban J connectivity index is 1.59. The molecule has 0 saturated carbocycles. The van der Waals surface area contributed by atoms with Crippen molar-refractivity contribution in [3.05, 3.63) is 83.7 Å². The van der Waals surface area contributed by atoms with Gasteiger partial charge in [0.05, 0.1) is 11.2 Å². The number of aryl methyl sites for hydroxylation is 2. The summed E-state index contributed by atoms with van der Waals surface area (Å²) in [6, 6.07) is 20.8. The first-order valence-electron chi connectivity index (χ1n) is 10.2. The number of aromatic nitrogens is 3. The van der Waals surface area contributed by atoms with Gasteiger partial charge in [-0.15, -0.1) is 0 Å². The standard InChI is InChI=1S/C25H23N3O/c1-3-18-14-24-25-21(12-13-28(24)27-22(18)4-2)20-11-10-19(15-23(20)26-25)29-16-17-8-6-5-7-9-17/h5-15H,3-4,16H2,1-2H3/p+1. The molecule has 4 nitrogen and oxygen atoms in total. The van der Waals surface area contributed by atoms with Crippen molar-refractivity contribution >= 4 is 27.3 Å². The van der Waals surface area contributed by atoms with Gasteiger partial charge >= 0.3 is 0 Å². The van der Waals surface area contributed by atoms with Crippen LogP contribution < -0.4 is 9.25 Å². The van der Waals surface area contributed by atoms with Crippen LogP contribution in [0.1, 0.15) is 30.7 Å². The fourth-order valence-corrected chi connectivity index (χ4v) is 4.00. The van der Waals surface area contributed by atoms with E-state index in [9.17, 15) is 0 Å². The van der Waals surface area contributed by atoms with Crippen molar-refractivity contribution in [2.75, 3.05) is 0 Å². The number of hydrogen-bond donors (Lipinski definition) is 1. The molecule has 0 atom stereocenters. The van der Waals surface area contributed by atoms with Crippen LogP contribution in [0.5, 0.6) is 5.75 Å². The van der Waals surface area contributed by atoms with Gasteiger partial charge in [0.15, 0.2) is 0 Å². The smallest absolute Gasteiger partial charge is 0.262 e. The third-order valence-corrected chi connectivity index (χ3v) is 5.58. The maximum absolute atomic E-state index is 6.00. The van der Waals surface area contributed by atoms with E-state index in [1.54, 1.807) is 0 Å². The molecule has 3 aromatic heterocycles. The molecule has 0 aliphatic rings. The highest BCUT2D eigenvalue weighted by Crippen LogP contribution is 2.30. The highest BCUT2D eigenvalue weighted by molar-refractivity contribution is 6.11. The third kappa shape index (κ3) is 3.11. The van der Waals surface area contributed by atoms with Crippen LogP contribution in [0, 0.1) is 0 Å². The molecule has 3 heterocycles. The number of benzene rings is 2. The van der Waals surface area contributed by atoms with Crippen molar-refractivity contribution in [2.24, 2.45) is 0 Å². The minimum absolute atomic E-state index is 0.556. The zero-order chi connectivity index (χ0) is 19.8. The van der Waals surface area contributed by atoms with Crippen molar-refractivity contribution in [1.82, 2.24) is 10.1 Å². The second-order valence-corrected chi connectivity index (χ2v) is 7.37. The van der Waals surface area contributed by atoms with Crippen LogP contribution >= 0.6 is 0 Å². The van der Waals surface area contributed by atoms with E-state index in [-0.39, 0.29) is 0 Å². The Morgan fingerprint density at radius 1 is 0.931 bits per heavy atom. The van der Waals surface area contributed by atoms with Crippen molar-refractivity contribution in [1.29, 1.82) is 0 Å². The van der Waals surface area contributed by atoms with Gasteiger partial charge in [-0.2, -0.15) is 5.10 Å². The van der Waals surface area contributed by atoms with Crippen LogP contribution in [0.15, 0.2) is 66.9 Å². The predicted molar refractivity (Wildman–Crippen MR) is 116 cm³/mol. The van der Waals surface area contributed by atoms with Gasteiger partial charge in [0.1, 0.15) is 17.9 Å². The van der Waals surface area contributed by atoms with Crippen LogP contribution in [0.25, 0.3) is 27.3 Å². The second kappa shape index (κ2) is 7.21.